The van der Waals surface area contributed by atoms with Gasteiger partial charge in [-0.25, -0.2) is 0 Å². The van der Waals surface area contributed by atoms with E-state index in [2.05, 4.69) is 0 Å². The molecule has 1 aromatic carbocycles. The topological polar surface area (TPSA) is 94.8 Å². The minimum atomic E-state index is -0.626. The lowest BCUT2D eigenvalue weighted by Gasteiger charge is -2.14. The maximum Gasteiger partial charge on any atom is 0.173 e. The average Bonchev–Trinajstić information content (AvgIpc) is 2.43. The van der Waals surface area contributed by atoms with Gasteiger partial charge in [-0.15, -0.1) is 0 Å². The molecule has 0 aliphatic rings. The Morgan fingerprint density at radius 1 is 1.10 bits per heavy atom. The lowest BCUT2D eigenvalue weighted by molar-refractivity contribution is 0.0921. The van der Waals surface area contributed by atoms with Gasteiger partial charge in [-0.3, -0.25) is 9.59 Å². The number of phenolic OH excluding ortho intramolecular Hbond substituents is 3. The van der Waals surface area contributed by atoms with E-state index >= 15 is 0 Å². The SMILES string of the molecule is CCCCC(=O)c1c(O)cc(O)c(C(=O)C(C)CC)c1O. The normalized spacial score (nSPS) is 12.1. The first-order valence-corrected chi connectivity index (χ1v) is 7.20. The number of Topliss-reactive ketones (excluding diaryl/α,β-unsaturated/α-hetero) is 2. The van der Waals surface area contributed by atoms with Crippen LogP contribution in [-0.2, 0) is 0 Å². The Balaban J connectivity index is 3.35. The molecule has 1 unspecified atom stereocenters. The van der Waals surface area contributed by atoms with Crippen molar-refractivity contribution in [2.75, 3.05) is 0 Å². The Kier molecular flexibility index (Phi) is 5.76. The molecule has 0 saturated heterocycles. The quantitative estimate of drug-likeness (QED) is 0.670. The zero-order valence-electron chi connectivity index (χ0n) is 12.6. The van der Waals surface area contributed by atoms with Gasteiger partial charge in [0.2, 0.25) is 0 Å². The number of rotatable bonds is 7. The van der Waals surface area contributed by atoms with Crippen LogP contribution in [0, 0.1) is 5.92 Å². The van der Waals surface area contributed by atoms with Crippen LogP contribution in [-0.4, -0.2) is 26.9 Å². The number of phenols is 3. The third-order valence-electron chi connectivity index (χ3n) is 3.60. The third kappa shape index (κ3) is 3.54. The average molecular weight is 294 g/mol. The predicted molar refractivity (Wildman–Crippen MR) is 79.1 cm³/mol. The van der Waals surface area contributed by atoms with Gasteiger partial charge in [0.05, 0.1) is 0 Å². The molecule has 0 fully saturated rings. The van der Waals surface area contributed by atoms with Gasteiger partial charge in [0.1, 0.15) is 28.4 Å². The van der Waals surface area contributed by atoms with Crippen molar-refractivity contribution < 1.29 is 24.9 Å². The molecule has 5 nitrogen and oxygen atoms in total. The molecular weight excluding hydrogens is 272 g/mol. The molecule has 0 heterocycles. The first-order valence-electron chi connectivity index (χ1n) is 7.20. The van der Waals surface area contributed by atoms with Crippen molar-refractivity contribution >= 4 is 11.6 Å². The lowest BCUT2D eigenvalue weighted by Crippen LogP contribution is -2.12. The summed E-state index contributed by atoms with van der Waals surface area (Å²) in [6, 6.07) is 0.939. The molecule has 1 atom stereocenters. The Bertz CT molecular complexity index is 548. The van der Waals surface area contributed by atoms with Crippen LogP contribution in [0.5, 0.6) is 17.2 Å². The molecule has 116 valence electrons. The highest BCUT2D eigenvalue weighted by Gasteiger charge is 2.28. The summed E-state index contributed by atoms with van der Waals surface area (Å²) in [7, 11) is 0. The summed E-state index contributed by atoms with van der Waals surface area (Å²) in [5.74, 6) is -2.93. The van der Waals surface area contributed by atoms with Gasteiger partial charge < -0.3 is 15.3 Å². The van der Waals surface area contributed by atoms with Crippen LogP contribution in [0.15, 0.2) is 6.07 Å². The van der Waals surface area contributed by atoms with Gasteiger partial charge in [0.15, 0.2) is 11.6 Å². The summed E-state index contributed by atoms with van der Waals surface area (Å²) in [5, 5.41) is 29.8. The van der Waals surface area contributed by atoms with Crippen LogP contribution in [0.1, 0.15) is 67.2 Å². The van der Waals surface area contributed by atoms with Crippen molar-refractivity contribution in [3.63, 3.8) is 0 Å². The highest BCUT2D eigenvalue weighted by Crippen LogP contribution is 2.39. The van der Waals surface area contributed by atoms with E-state index in [9.17, 15) is 24.9 Å². The van der Waals surface area contributed by atoms with Crippen LogP contribution in [0.25, 0.3) is 0 Å². The van der Waals surface area contributed by atoms with Crippen molar-refractivity contribution in [2.45, 2.75) is 46.5 Å². The predicted octanol–water partition coefficient (Wildman–Crippen LogP) is 3.41. The summed E-state index contributed by atoms with van der Waals surface area (Å²) in [6.45, 7) is 5.40. The van der Waals surface area contributed by atoms with E-state index in [0.717, 1.165) is 12.5 Å². The summed E-state index contributed by atoms with van der Waals surface area (Å²) in [6.07, 6.45) is 2.12. The number of hydrogen-bond acceptors (Lipinski definition) is 5. The summed E-state index contributed by atoms with van der Waals surface area (Å²) >= 11 is 0. The highest BCUT2D eigenvalue weighted by molar-refractivity contribution is 6.09. The van der Waals surface area contributed by atoms with Crippen molar-refractivity contribution in [2.24, 2.45) is 5.92 Å². The van der Waals surface area contributed by atoms with Gasteiger partial charge in [0, 0.05) is 18.4 Å². The summed E-state index contributed by atoms with van der Waals surface area (Å²) in [5.41, 5.74) is -0.574. The number of aromatic hydroxyl groups is 3. The number of carbonyl (C=O) groups is 2. The Morgan fingerprint density at radius 2 is 1.67 bits per heavy atom. The van der Waals surface area contributed by atoms with E-state index in [-0.39, 0.29) is 17.5 Å². The first kappa shape index (κ1) is 17.0. The maximum atomic E-state index is 12.2. The van der Waals surface area contributed by atoms with E-state index < -0.39 is 34.7 Å². The summed E-state index contributed by atoms with van der Waals surface area (Å²) < 4.78 is 0. The Morgan fingerprint density at radius 3 is 2.19 bits per heavy atom. The van der Waals surface area contributed by atoms with Crippen LogP contribution in [0.3, 0.4) is 0 Å². The van der Waals surface area contributed by atoms with E-state index in [4.69, 9.17) is 0 Å². The highest BCUT2D eigenvalue weighted by atomic mass is 16.3. The van der Waals surface area contributed by atoms with Crippen LogP contribution < -0.4 is 0 Å². The second-order valence-corrected chi connectivity index (χ2v) is 5.21. The van der Waals surface area contributed by atoms with Gasteiger partial charge in [-0.2, -0.15) is 0 Å². The first-order chi connectivity index (χ1) is 9.84. The minimum Gasteiger partial charge on any atom is -0.507 e. The second kappa shape index (κ2) is 7.11. The van der Waals surface area contributed by atoms with E-state index in [1.807, 2.05) is 13.8 Å². The lowest BCUT2D eigenvalue weighted by atomic mass is 9.92. The van der Waals surface area contributed by atoms with Crippen molar-refractivity contribution in [1.82, 2.24) is 0 Å². The monoisotopic (exact) mass is 294 g/mol. The number of benzene rings is 1. The fraction of sp³-hybridized carbons (Fsp3) is 0.500. The molecule has 3 N–H and O–H groups in total. The van der Waals surface area contributed by atoms with Gasteiger partial charge >= 0.3 is 0 Å². The molecule has 21 heavy (non-hydrogen) atoms. The molecule has 0 radical (unpaired) electrons. The van der Waals surface area contributed by atoms with Gasteiger partial charge in [0.25, 0.3) is 0 Å². The fourth-order valence-corrected chi connectivity index (χ4v) is 2.05. The molecule has 0 aliphatic carbocycles. The Hall–Kier alpha value is -2.04. The van der Waals surface area contributed by atoms with E-state index in [1.165, 1.54) is 0 Å². The smallest absolute Gasteiger partial charge is 0.173 e. The molecular formula is C16H22O5. The molecule has 0 aromatic heterocycles. The zero-order valence-corrected chi connectivity index (χ0v) is 12.6. The van der Waals surface area contributed by atoms with E-state index in [1.54, 1.807) is 6.92 Å². The number of carbonyl (C=O) groups excluding carboxylic acids is 2. The minimum absolute atomic E-state index is 0.166. The zero-order chi connectivity index (χ0) is 16.2. The van der Waals surface area contributed by atoms with Crippen molar-refractivity contribution in [3.05, 3.63) is 17.2 Å². The Labute approximate surface area is 124 Å². The fourth-order valence-electron chi connectivity index (χ4n) is 2.05. The molecule has 0 saturated carbocycles. The molecule has 5 heteroatoms. The standard InChI is InChI=1S/C16H22O5/c1-4-6-7-10(17)13-11(18)8-12(19)14(16(13)21)15(20)9(3)5-2/h8-9,18-19,21H,4-7H2,1-3H3. The molecule has 1 rings (SSSR count). The van der Waals surface area contributed by atoms with E-state index in [0.29, 0.717) is 12.8 Å². The number of unbranched alkanes of at least 4 members (excludes halogenated alkanes) is 1. The second-order valence-electron chi connectivity index (χ2n) is 5.21. The largest absolute Gasteiger partial charge is 0.507 e. The van der Waals surface area contributed by atoms with Crippen LogP contribution >= 0.6 is 0 Å². The number of hydrogen-bond donors (Lipinski definition) is 3. The van der Waals surface area contributed by atoms with Gasteiger partial charge in [-0.05, 0) is 12.8 Å². The number of ketones is 2. The van der Waals surface area contributed by atoms with Gasteiger partial charge in [-0.1, -0.05) is 27.2 Å². The molecule has 0 bridgehead atoms. The van der Waals surface area contributed by atoms with Crippen molar-refractivity contribution in [1.29, 1.82) is 0 Å². The summed E-state index contributed by atoms with van der Waals surface area (Å²) in [4.78, 5) is 24.3. The van der Waals surface area contributed by atoms with Crippen LogP contribution in [0.2, 0.25) is 0 Å². The molecule has 0 aliphatic heterocycles. The molecule has 1 aromatic rings. The maximum absolute atomic E-state index is 12.2. The van der Waals surface area contributed by atoms with Crippen LogP contribution in [0.4, 0.5) is 0 Å². The third-order valence-corrected chi connectivity index (χ3v) is 3.60. The molecule has 0 amide bonds. The van der Waals surface area contributed by atoms with Crippen molar-refractivity contribution in [3.8, 4) is 17.2 Å². The molecule has 0 spiro atoms.